The second-order valence-electron chi connectivity index (χ2n) is 5.46. The highest BCUT2D eigenvalue weighted by Gasteiger charge is 2.17. The normalized spacial score (nSPS) is 12.0. The molecule has 0 saturated carbocycles. The maximum absolute atomic E-state index is 11.8. The third kappa shape index (κ3) is 6.45. The summed E-state index contributed by atoms with van der Waals surface area (Å²) in [4.78, 5) is 23.2. The van der Waals surface area contributed by atoms with Crippen molar-refractivity contribution in [2.24, 2.45) is 5.92 Å². The van der Waals surface area contributed by atoms with E-state index in [1.165, 1.54) is 0 Å². The lowest BCUT2D eigenvalue weighted by Gasteiger charge is -2.22. The molecule has 122 valence electrons. The lowest BCUT2D eigenvalue weighted by Crippen LogP contribution is -2.44. The molecule has 3 N–H and O–H groups in total. The lowest BCUT2D eigenvalue weighted by molar-refractivity contribution is -0.119. The number of benzene rings is 1. The topological polar surface area (TPSA) is 70.2 Å². The highest BCUT2D eigenvalue weighted by atomic mass is 35.5. The van der Waals surface area contributed by atoms with Crippen molar-refractivity contribution in [3.63, 3.8) is 0 Å². The van der Waals surface area contributed by atoms with Gasteiger partial charge in [0, 0.05) is 17.6 Å². The molecular weight excluding hydrogens is 302 g/mol. The molecule has 0 saturated heterocycles. The molecule has 5 nitrogen and oxygen atoms in total. The molecule has 6 heteroatoms. The van der Waals surface area contributed by atoms with Crippen LogP contribution in [-0.4, -0.2) is 25.0 Å². The molecule has 0 aliphatic carbocycles. The molecule has 22 heavy (non-hydrogen) atoms. The van der Waals surface area contributed by atoms with E-state index in [0.29, 0.717) is 17.5 Å². The Balaban J connectivity index is 2.52. The van der Waals surface area contributed by atoms with E-state index in [0.717, 1.165) is 12.0 Å². The van der Waals surface area contributed by atoms with E-state index in [1.807, 2.05) is 31.2 Å². The van der Waals surface area contributed by atoms with E-state index in [9.17, 15) is 9.59 Å². The summed E-state index contributed by atoms with van der Waals surface area (Å²) in [7, 11) is 0. The van der Waals surface area contributed by atoms with Crippen molar-refractivity contribution in [2.75, 3.05) is 13.1 Å². The van der Waals surface area contributed by atoms with E-state index in [4.69, 9.17) is 11.6 Å². The van der Waals surface area contributed by atoms with E-state index < -0.39 is 6.03 Å². The minimum Gasteiger partial charge on any atom is -0.338 e. The summed E-state index contributed by atoms with van der Waals surface area (Å²) in [5.41, 5.74) is 1.06. The molecule has 1 aromatic rings. The van der Waals surface area contributed by atoms with Crippen LogP contribution < -0.4 is 16.0 Å². The van der Waals surface area contributed by atoms with Crippen molar-refractivity contribution < 1.29 is 9.59 Å². The quantitative estimate of drug-likeness (QED) is 0.722. The van der Waals surface area contributed by atoms with Crippen LogP contribution in [0, 0.1) is 5.92 Å². The SMILES string of the molecule is CCCNC(=O)NC(=O)CNC(c1ccc(Cl)cc1)C(C)C. The van der Waals surface area contributed by atoms with E-state index in [2.05, 4.69) is 29.8 Å². The molecule has 0 bridgehead atoms. The Morgan fingerprint density at radius 2 is 1.82 bits per heavy atom. The number of hydrogen-bond acceptors (Lipinski definition) is 3. The predicted molar refractivity (Wildman–Crippen MR) is 88.9 cm³/mol. The van der Waals surface area contributed by atoms with Crippen LogP contribution >= 0.6 is 11.6 Å². The molecule has 1 atom stereocenters. The first-order valence-electron chi connectivity index (χ1n) is 7.50. The number of hydrogen-bond donors (Lipinski definition) is 3. The zero-order chi connectivity index (χ0) is 16.5. The molecule has 0 fully saturated rings. The van der Waals surface area contributed by atoms with Gasteiger partial charge in [0.05, 0.1) is 6.54 Å². The average molecular weight is 326 g/mol. The number of carbonyl (C=O) groups is 2. The van der Waals surface area contributed by atoms with Gasteiger partial charge in [0.15, 0.2) is 0 Å². The first-order chi connectivity index (χ1) is 10.4. The average Bonchev–Trinajstić information content (AvgIpc) is 2.46. The minimum absolute atomic E-state index is 0.0155. The summed E-state index contributed by atoms with van der Waals surface area (Å²) in [6.07, 6.45) is 0.825. The molecule has 0 aromatic heterocycles. The second kappa shape index (κ2) is 9.43. The second-order valence-corrected chi connectivity index (χ2v) is 5.89. The number of nitrogens with one attached hydrogen (secondary N) is 3. The Kier molecular flexibility index (Phi) is 7.91. The number of urea groups is 1. The maximum Gasteiger partial charge on any atom is 0.321 e. The zero-order valence-electron chi connectivity index (χ0n) is 13.3. The van der Waals surface area contributed by atoms with E-state index in [1.54, 1.807) is 0 Å². The number of imide groups is 1. The van der Waals surface area contributed by atoms with E-state index in [-0.39, 0.29) is 18.5 Å². The molecule has 1 aromatic carbocycles. The highest BCUT2D eigenvalue weighted by Crippen LogP contribution is 2.22. The van der Waals surface area contributed by atoms with Crippen LogP contribution in [-0.2, 0) is 4.79 Å². The molecule has 0 spiro atoms. The fourth-order valence-corrected chi connectivity index (χ4v) is 2.19. The molecule has 0 aliphatic rings. The van der Waals surface area contributed by atoms with Crippen molar-refractivity contribution in [3.8, 4) is 0 Å². The monoisotopic (exact) mass is 325 g/mol. The van der Waals surface area contributed by atoms with Crippen molar-refractivity contribution in [3.05, 3.63) is 34.9 Å². The third-order valence-corrected chi connectivity index (χ3v) is 3.42. The van der Waals surface area contributed by atoms with E-state index >= 15 is 0 Å². The van der Waals surface area contributed by atoms with Crippen molar-refractivity contribution >= 4 is 23.5 Å². The first-order valence-corrected chi connectivity index (χ1v) is 7.88. The fraction of sp³-hybridized carbons (Fsp3) is 0.500. The van der Waals surface area contributed by atoms with Crippen LogP contribution in [0.25, 0.3) is 0 Å². The number of carbonyl (C=O) groups excluding carboxylic acids is 2. The predicted octanol–water partition coefficient (Wildman–Crippen LogP) is 2.86. The van der Waals surface area contributed by atoms with Gasteiger partial charge in [-0.2, -0.15) is 0 Å². The van der Waals surface area contributed by atoms with Crippen molar-refractivity contribution in [1.82, 2.24) is 16.0 Å². The largest absolute Gasteiger partial charge is 0.338 e. The van der Waals surface area contributed by atoms with Crippen LogP contribution in [0.5, 0.6) is 0 Å². The van der Waals surface area contributed by atoms with Gasteiger partial charge in [-0.1, -0.05) is 44.5 Å². The molecule has 1 rings (SSSR count). The number of halogens is 1. The molecule has 1 unspecified atom stereocenters. The highest BCUT2D eigenvalue weighted by molar-refractivity contribution is 6.30. The summed E-state index contributed by atoms with van der Waals surface area (Å²) in [6, 6.07) is 7.08. The summed E-state index contributed by atoms with van der Waals surface area (Å²) in [6.45, 7) is 6.70. The lowest BCUT2D eigenvalue weighted by atomic mass is 9.96. The van der Waals surface area contributed by atoms with Crippen molar-refractivity contribution in [1.29, 1.82) is 0 Å². The Bertz CT molecular complexity index is 489. The van der Waals surface area contributed by atoms with Gasteiger partial charge in [-0.3, -0.25) is 10.1 Å². The Labute approximate surface area is 136 Å². The standard InChI is InChI=1S/C16H24ClN3O2/c1-4-9-18-16(22)20-14(21)10-19-15(11(2)3)12-5-7-13(17)8-6-12/h5-8,11,15,19H,4,9-10H2,1-3H3,(H2,18,20,21,22). The van der Waals surface area contributed by atoms with Crippen LogP contribution in [0.15, 0.2) is 24.3 Å². The van der Waals surface area contributed by atoms with Gasteiger partial charge in [-0.15, -0.1) is 0 Å². The van der Waals surface area contributed by atoms with Gasteiger partial charge in [0.2, 0.25) is 5.91 Å². The van der Waals surface area contributed by atoms with Crippen LogP contribution in [0.3, 0.4) is 0 Å². The third-order valence-electron chi connectivity index (χ3n) is 3.17. The number of amides is 3. The van der Waals surface area contributed by atoms with Gasteiger partial charge in [0.1, 0.15) is 0 Å². The van der Waals surface area contributed by atoms with Gasteiger partial charge >= 0.3 is 6.03 Å². The van der Waals surface area contributed by atoms with Gasteiger partial charge in [-0.05, 0) is 30.0 Å². The Morgan fingerprint density at radius 1 is 1.18 bits per heavy atom. The molecule has 3 amide bonds. The first kappa shape index (κ1) is 18.5. The number of rotatable bonds is 7. The summed E-state index contributed by atoms with van der Waals surface area (Å²) < 4.78 is 0. The van der Waals surface area contributed by atoms with Crippen LogP contribution in [0.4, 0.5) is 4.79 Å². The molecule has 0 radical (unpaired) electrons. The van der Waals surface area contributed by atoms with Gasteiger partial charge in [-0.25, -0.2) is 4.79 Å². The Morgan fingerprint density at radius 3 is 2.36 bits per heavy atom. The Hall–Kier alpha value is -1.59. The van der Waals surface area contributed by atoms with Gasteiger partial charge < -0.3 is 10.6 Å². The fourth-order valence-electron chi connectivity index (χ4n) is 2.06. The summed E-state index contributed by atoms with van der Waals surface area (Å²) in [5.74, 6) is -0.0592. The summed E-state index contributed by atoms with van der Waals surface area (Å²) >= 11 is 5.89. The zero-order valence-corrected chi connectivity index (χ0v) is 14.0. The molecular formula is C16H24ClN3O2. The van der Waals surface area contributed by atoms with Gasteiger partial charge in [0.25, 0.3) is 0 Å². The summed E-state index contributed by atoms with van der Waals surface area (Å²) in [5, 5.41) is 8.75. The van der Waals surface area contributed by atoms with Crippen LogP contribution in [0.1, 0.15) is 38.8 Å². The maximum atomic E-state index is 11.8. The molecule has 0 aliphatic heterocycles. The smallest absolute Gasteiger partial charge is 0.321 e. The van der Waals surface area contributed by atoms with Crippen LogP contribution in [0.2, 0.25) is 5.02 Å². The molecule has 0 heterocycles. The van der Waals surface area contributed by atoms with Crippen molar-refractivity contribution in [2.45, 2.75) is 33.2 Å². The minimum atomic E-state index is -0.457.